The Morgan fingerprint density at radius 1 is 1.15 bits per heavy atom. The van der Waals surface area contributed by atoms with Gasteiger partial charge in [0.2, 0.25) is 0 Å². The van der Waals surface area contributed by atoms with Crippen molar-refractivity contribution in [3.05, 3.63) is 52.0 Å². The van der Waals surface area contributed by atoms with E-state index in [1.807, 2.05) is 0 Å². The number of halogens is 4. The maximum absolute atomic E-state index is 12.9. The number of hydrogen-bond donors (Lipinski definition) is 1. The largest absolute Gasteiger partial charge is 0.495 e. The van der Waals surface area contributed by atoms with E-state index < -0.39 is 17.8 Å². The highest BCUT2D eigenvalue weighted by Crippen LogP contribution is 2.34. The first-order chi connectivity index (χ1) is 12.3. The molecule has 0 unspecified atom stereocenters. The van der Waals surface area contributed by atoms with Crippen LogP contribution in [0, 0.1) is 0 Å². The summed E-state index contributed by atoms with van der Waals surface area (Å²) in [7, 11) is 1.54. The van der Waals surface area contributed by atoms with Gasteiger partial charge in [0.1, 0.15) is 11.3 Å². The molecule has 136 valence electrons. The second-order valence-corrected chi connectivity index (χ2v) is 6.49. The van der Waals surface area contributed by atoms with Crippen molar-refractivity contribution in [1.29, 1.82) is 0 Å². The van der Waals surface area contributed by atoms with Crippen molar-refractivity contribution in [2.75, 3.05) is 12.4 Å². The van der Waals surface area contributed by atoms with Gasteiger partial charge < -0.3 is 10.1 Å². The highest BCUT2D eigenvalue weighted by Gasteiger charge is 2.30. The highest BCUT2D eigenvalue weighted by atomic mass is 79.9. The fraction of sp³-hybridized carbons (Fsp3) is 0.235. The highest BCUT2D eigenvalue weighted by molar-refractivity contribution is 9.10. The standard InChI is InChI=1S/C17H14BrF3N4O/c1-9(10-4-3-5-11(6-10)17(19,20)21)22-16-12-7-13(18)15(26-2)8-14(12)23-25-24-16/h3-9H,1-2H3,(H,22,23,24)/t9-/m1/s1. The molecule has 0 saturated carbocycles. The third-order valence-corrected chi connectivity index (χ3v) is 4.51. The minimum Gasteiger partial charge on any atom is -0.495 e. The Morgan fingerprint density at radius 3 is 2.62 bits per heavy atom. The molecule has 0 fully saturated rings. The maximum Gasteiger partial charge on any atom is 0.416 e. The van der Waals surface area contributed by atoms with E-state index in [-0.39, 0.29) is 0 Å². The fourth-order valence-electron chi connectivity index (χ4n) is 2.52. The number of nitrogens with zero attached hydrogens (tertiary/aromatic N) is 3. The second kappa shape index (κ2) is 7.06. The zero-order chi connectivity index (χ0) is 18.9. The number of benzene rings is 2. The molecule has 2 aromatic carbocycles. The lowest BCUT2D eigenvalue weighted by atomic mass is 10.0. The van der Waals surface area contributed by atoms with E-state index in [0.717, 1.165) is 12.1 Å². The van der Waals surface area contributed by atoms with Crippen molar-refractivity contribution in [1.82, 2.24) is 15.4 Å². The molecule has 1 heterocycles. The van der Waals surface area contributed by atoms with Crippen LogP contribution in [0.4, 0.5) is 19.0 Å². The van der Waals surface area contributed by atoms with Crippen molar-refractivity contribution in [3.8, 4) is 5.75 Å². The summed E-state index contributed by atoms with van der Waals surface area (Å²) in [5, 5.41) is 15.4. The van der Waals surface area contributed by atoms with Crippen LogP contribution in [0.2, 0.25) is 0 Å². The summed E-state index contributed by atoms with van der Waals surface area (Å²) in [6, 6.07) is 8.23. The lowest BCUT2D eigenvalue weighted by Gasteiger charge is -2.17. The van der Waals surface area contributed by atoms with E-state index in [1.54, 1.807) is 25.1 Å². The molecule has 3 rings (SSSR count). The van der Waals surface area contributed by atoms with Crippen molar-refractivity contribution in [3.63, 3.8) is 0 Å². The van der Waals surface area contributed by atoms with Crippen LogP contribution in [-0.2, 0) is 6.18 Å². The zero-order valence-electron chi connectivity index (χ0n) is 13.8. The van der Waals surface area contributed by atoms with Crippen LogP contribution in [0.15, 0.2) is 40.9 Å². The molecule has 0 aliphatic carbocycles. The number of rotatable bonds is 4. The van der Waals surface area contributed by atoms with Crippen LogP contribution in [0.25, 0.3) is 10.9 Å². The van der Waals surface area contributed by atoms with E-state index in [2.05, 4.69) is 36.7 Å². The van der Waals surface area contributed by atoms with Gasteiger partial charge >= 0.3 is 6.18 Å². The summed E-state index contributed by atoms with van der Waals surface area (Å²) in [6.45, 7) is 1.75. The number of fused-ring (bicyclic) bond motifs is 1. The van der Waals surface area contributed by atoms with Gasteiger partial charge in [0.25, 0.3) is 0 Å². The molecule has 0 aliphatic heterocycles. The number of ether oxygens (including phenoxy) is 1. The van der Waals surface area contributed by atoms with Crippen LogP contribution >= 0.6 is 15.9 Å². The van der Waals surface area contributed by atoms with E-state index >= 15 is 0 Å². The first-order valence-electron chi connectivity index (χ1n) is 7.60. The summed E-state index contributed by atoms with van der Waals surface area (Å²) in [5.41, 5.74) is 0.347. The molecule has 1 N–H and O–H groups in total. The van der Waals surface area contributed by atoms with Crippen molar-refractivity contribution in [2.24, 2.45) is 0 Å². The molecule has 1 aromatic heterocycles. The Bertz CT molecular complexity index is 949. The van der Waals surface area contributed by atoms with Gasteiger partial charge in [-0.15, -0.1) is 10.2 Å². The van der Waals surface area contributed by atoms with Crippen LogP contribution in [-0.4, -0.2) is 22.5 Å². The average Bonchev–Trinajstić information content (AvgIpc) is 2.61. The third kappa shape index (κ3) is 3.72. The monoisotopic (exact) mass is 426 g/mol. The van der Waals surface area contributed by atoms with Gasteiger partial charge in [0.05, 0.1) is 23.2 Å². The molecule has 5 nitrogen and oxygen atoms in total. The quantitative estimate of drug-likeness (QED) is 0.636. The second-order valence-electron chi connectivity index (χ2n) is 5.63. The van der Waals surface area contributed by atoms with Gasteiger partial charge in [-0.1, -0.05) is 12.1 Å². The minimum atomic E-state index is -4.39. The topological polar surface area (TPSA) is 59.9 Å². The molecule has 26 heavy (non-hydrogen) atoms. The number of methoxy groups -OCH3 is 1. The lowest BCUT2D eigenvalue weighted by Crippen LogP contribution is -2.12. The smallest absolute Gasteiger partial charge is 0.416 e. The number of anilines is 1. The predicted molar refractivity (Wildman–Crippen MR) is 95.1 cm³/mol. The minimum absolute atomic E-state index is 0.418. The Kier molecular flexibility index (Phi) is 4.99. The van der Waals surface area contributed by atoms with Crippen molar-refractivity contribution in [2.45, 2.75) is 19.1 Å². The normalized spacial score (nSPS) is 12.8. The first-order valence-corrected chi connectivity index (χ1v) is 8.39. The third-order valence-electron chi connectivity index (χ3n) is 3.89. The molecule has 9 heteroatoms. The molecule has 3 aromatic rings. The number of alkyl halides is 3. The predicted octanol–water partition coefficient (Wildman–Crippen LogP) is 4.99. The molecule has 1 atom stereocenters. The summed E-state index contributed by atoms with van der Waals surface area (Å²) in [4.78, 5) is 0. The first kappa shape index (κ1) is 18.4. The molecule has 0 aliphatic rings. The van der Waals surface area contributed by atoms with E-state index in [4.69, 9.17) is 4.74 Å². The molecular formula is C17H14BrF3N4O. The lowest BCUT2D eigenvalue weighted by molar-refractivity contribution is -0.137. The Morgan fingerprint density at radius 2 is 1.92 bits per heavy atom. The molecule has 0 amide bonds. The molecule has 0 saturated heterocycles. The van der Waals surface area contributed by atoms with Crippen molar-refractivity contribution >= 4 is 32.7 Å². The number of hydrogen-bond acceptors (Lipinski definition) is 5. The maximum atomic E-state index is 12.9. The zero-order valence-corrected chi connectivity index (χ0v) is 15.4. The summed E-state index contributed by atoms with van der Waals surface area (Å²) in [5.74, 6) is 1.01. The van der Waals surface area contributed by atoms with Crippen molar-refractivity contribution < 1.29 is 17.9 Å². The Balaban J connectivity index is 1.95. The Hall–Kier alpha value is -2.42. The molecule has 0 radical (unpaired) electrons. The van der Waals surface area contributed by atoms with Gasteiger partial charge in [-0.3, -0.25) is 0 Å². The van der Waals surface area contributed by atoms with Gasteiger partial charge in [0, 0.05) is 11.5 Å². The molecular weight excluding hydrogens is 413 g/mol. The van der Waals surface area contributed by atoms with Crippen LogP contribution < -0.4 is 10.1 Å². The van der Waals surface area contributed by atoms with Gasteiger partial charge in [-0.05, 0) is 51.8 Å². The molecule has 0 spiro atoms. The summed E-state index contributed by atoms with van der Waals surface area (Å²) in [6.07, 6.45) is -4.39. The van der Waals surface area contributed by atoms with Crippen LogP contribution in [0.5, 0.6) is 5.75 Å². The van der Waals surface area contributed by atoms with Crippen LogP contribution in [0.1, 0.15) is 24.1 Å². The van der Waals surface area contributed by atoms with Gasteiger partial charge in [-0.2, -0.15) is 13.2 Å². The molecule has 0 bridgehead atoms. The fourth-order valence-corrected chi connectivity index (χ4v) is 3.03. The number of nitrogens with one attached hydrogen (secondary N) is 1. The van der Waals surface area contributed by atoms with Gasteiger partial charge in [0.15, 0.2) is 5.82 Å². The number of aromatic nitrogens is 3. The SMILES string of the molecule is COc1cc2nnnc(N[C@H](C)c3cccc(C(F)(F)F)c3)c2cc1Br. The summed E-state index contributed by atoms with van der Waals surface area (Å²) >= 11 is 3.40. The Labute approximate surface area is 155 Å². The average molecular weight is 427 g/mol. The van der Waals surface area contributed by atoms with Gasteiger partial charge in [-0.25, -0.2) is 0 Å². The van der Waals surface area contributed by atoms with E-state index in [9.17, 15) is 13.2 Å². The van der Waals surface area contributed by atoms with E-state index in [1.165, 1.54) is 13.2 Å². The van der Waals surface area contributed by atoms with Crippen LogP contribution in [0.3, 0.4) is 0 Å². The van der Waals surface area contributed by atoms with E-state index in [0.29, 0.717) is 32.5 Å². The summed E-state index contributed by atoms with van der Waals surface area (Å²) < 4.78 is 44.7.